The van der Waals surface area contributed by atoms with E-state index in [0.717, 1.165) is 11.1 Å². The largest absolute Gasteiger partial charge is 0.454 e. The molecule has 27 heavy (non-hydrogen) atoms. The van der Waals surface area contributed by atoms with E-state index in [0.29, 0.717) is 11.5 Å². The van der Waals surface area contributed by atoms with Crippen molar-refractivity contribution in [3.8, 4) is 11.5 Å². The topological polar surface area (TPSA) is 93.7 Å². The molecular formula is C19H22N2O5S. The molecule has 0 aromatic heterocycles. The molecule has 0 radical (unpaired) electrons. The molecule has 0 saturated heterocycles. The molecule has 0 fully saturated rings. The Morgan fingerprint density at radius 3 is 2.41 bits per heavy atom. The number of rotatable bonds is 6. The van der Waals surface area contributed by atoms with E-state index in [1.165, 1.54) is 19.1 Å². The van der Waals surface area contributed by atoms with Gasteiger partial charge in [0.15, 0.2) is 11.5 Å². The second-order valence-electron chi connectivity index (χ2n) is 6.50. The van der Waals surface area contributed by atoms with E-state index in [4.69, 9.17) is 9.47 Å². The molecule has 2 atom stereocenters. The van der Waals surface area contributed by atoms with Gasteiger partial charge in [-0.15, -0.1) is 0 Å². The smallest absolute Gasteiger partial charge is 0.241 e. The minimum absolute atomic E-state index is 0.122. The van der Waals surface area contributed by atoms with Crippen molar-refractivity contribution in [1.29, 1.82) is 0 Å². The Bertz CT molecular complexity index is 941. The maximum absolute atomic E-state index is 12.4. The minimum atomic E-state index is -3.78. The number of carbonyl (C=O) groups is 1. The van der Waals surface area contributed by atoms with Crippen LogP contribution in [0, 0.1) is 6.92 Å². The Morgan fingerprint density at radius 1 is 1.04 bits per heavy atom. The summed E-state index contributed by atoms with van der Waals surface area (Å²) in [4.78, 5) is 12.6. The van der Waals surface area contributed by atoms with Crippen LogP contribution in [-0.4, -0.2) is 27.2 Å². The van der Waals surface area contributed by atoms with Crippen molar-refractivity contribution < 1.29 is 22.7 Å². The fourth-order valence-electron chi connectivity index (χ4n) is 2.68. The van der Waals surface area contributed by atoms with Crippen LogP contribution < -0.4 is 19.5 Å². The first-order valence-electron chi connectivity index (χ1n) is 8.55. The first-order chi connectivity index (χ1) is 12.8. The minimum Gasteiger partial charge on any atom is -0.454 e. The highest BCUT2D eigenvalue weighted by molar-refractivity contribution is 7.89. The van der Waals surface area contributed by atoms with Gasteiger partial charge in [0.05, 0.1) is 17.0 Å². The van der Waals surface area contributed by atoms with Gasteiger partial charge in [-0.2, -0.15) is 4.72 Å². The third-order valence-corrected chi connectivity index (χ3v) is 5.87. The number of sulfonamides is 1. The quantitative estimate of drug-likeness (QED) is 0.789. The molecule has 1 heterocycles. The van der Waals surface area contributed by atoms with Crippen molar-refractivity contribution >= 4 is 15.9 Å². The van der Waals surface area contributed by atoms with Crippen LogP contribution >= 0.6 is 0 Å². The molecule has 7 nitrogen and oxygen atoms in total. The van der Waals surface area contributed by atoms with Crippen LogP contribution in [-0.2, 0) is 14.8 Å². The van der Waals surface area contributed by atoms with E-state index in [1.54, 1.807) is 24.3 Å². The van der Waals surface area contributed by atoms with Gasteiger partial charge in [-0.05, 0) is 50.6 Å². The number of ether oxygens (including phenoxy) is 2. The van der Waals surface area contributed by atoms with Gasteiger partial charge >= 0.3 is 0 Å². The standard InChI is InChI=1S/C19H22N2O5S/c1-12-4-7-16(8-5-12)27(23,24)21-14(3)19(22)20-13(2)15-6-9-17-18(10-15)26-11-25-17/h4-10,13-14,21H,11H2,1-3H3,(H,20,22)/t13?,14-/m0/s1. The molecule has 0 spiro atoms. The highest BCUT2D eigenvalue weighted by Gasteiger charge is 2.24. The van der Waals surface area contributed by atoms with Crippen LogP contribution in [0.1, 0.15) is 31.0 Å². The predicted molar refractivity (Wildman–Crippen MR) is 100 cm³/mol. The van der Waals surface area contributed by atoms with Crippen LogP contribution in [0.15, 0.2) is 47.4 Å². The summed E-state index contributed by atoms with van der Waals surface area (Å²) in [5.74, 6) is 0.870. The number of hydrogen-bond donors (Lipinski definition) is 2. The molecule has 8 heteroatoms. The number of amides is 1. The van der Waals surface area contributed by atoms with Crippen LogP contribution in [0.4, 0.5) is 0 Å². The molecule has 144 valence electrons. The van der Waals surface area contributed by atoms with E-state index >= 15 is 0 Å². The third kappa shape index (κ3) is 4.40. The summed E-state index contributed by atoms with van der Waals surface area (Å²) in [6.45, 7) is 5.37. The van der Waals surface area contributed by atoms with Crippen molar-refractivity contribution in [2.75, 3.05) is 6.79 Å². The monoisotopic (exact) mass is 390 g/mol. The normalized spacial score (nSPS) is 15.2. The van der Waals surface area contributed by atoms with E-state index in [1.807, 2.05) is 19.9 Å². The van der Waals surface area contributed by atoms with Crippen molar-refractivity contribution in [2.24, 2.45) is 0 Å². The lowest BCUT2D eigenvalue weighted by atomic mass is 10.1. The van der Waals surface area contributed by atoms with Crippen LogP contribution in [0.2, 0.25) is 0 Å². The highest BCUT2D eigenvalue weighted by atomic mass is 32.2. The summed E-state index contributed by atoms with van der Waals surface area (Å²) in [6.07, 6.45) is 0. The molecule has 1 unspecified atom stereocenters. The molecule has 2 aromatic rings. The van der Waals surface area contributed by atoms with Gasteiger partial charge < -0.3 is 14.8 Å². The van der Waals surface area contributed by atoms with Gasteiger partial charge in [0.25, 0.3) is 0 Å². The highest BCUT2D eigenvalue weighted by Crippen LogP contribution is 2.34. The number of benzene rings is 2. The maximum Gasteiger partial charge on any atom is 0.241 e. The molecule has 1 aliphatic rings. The molecule has 2 N–H and O–H groups in total. The molecule has 1 amide bonds. The predicted octanol–water partition coefficient (Wildman–Crippen LogP) is 2.27. The van der Waals surface area contributed by atoms with Gasteiger partial charge in [-0.25, -0.2) is 8.42 Å². The molecular weight excluding hydrogens is 368 g/mol. The summed E-state index contributed by atoms with van der Waals surface area (Å²) >= 11 is 0. The fourth-order valence-corrected chi connectivity index (χ4v) is 3.88. The first kappa shape index (κ1) is 19.2. The number of hydrogen-bond acceptors (Lipinski definition) is 5. The summed E-state index contributed by atoms with van der Waals surface area (Å²) in [7, 11) is -3.78. The SMILES string of the molecule is Cc1ccc(S(=O)(=O)N[C@@H](C)C(=O)NC(C)c2ccc3c(c2)OCO3)cc1. The Labute approximate surface area is 158 Å². The second kappa shape index (κ2) is 7.58. The Morgan fingerprint density at radius 2 is 1.70 bits per heavy atom. The number of nitrogens with one attached hydrogen (secondary N) is 2. The molecule has 3 rings (SSSR count). The summed E-state index contributed by atoms with van der Waals surface area (Å²) < 4.78 is 37.9. The van der Waals surface area contributed by atoms with E-state index in [9.17, 15) is 13.2 Å². The second-order valence-corrected chi connectivity index (χ2v) is 8.21. The van der Waals surface area contributed by atoms with Crippen LogP contribution in [0.3, 0.4) is 0 Å². The number of fused-ring (bicyclic) bond motifs is 1. The lowest BCUT2D eigenvalue weighted by Gasteiger charge is -2.19. The lowest BCUT2D eigenvalue weighted by molar-refractivity contribution is -0.123. The van der Waals surface area contributed by atoms with Crippen molar-refractivity contribution in [3.63, 3.8) is 0 Å². The van der Waals surface area contributed by atoms with E-state index < -0.39 is 22.0 Å². The van der Waals surface area contributed by atoms with Gasteiger partial charge in [-0.1, -0.05) is 23.8 Å². The third-order valence-electron chi connectivity index (χ3n) is 4.31. The first-order valence-corrected chi connectivity index (χ1v) is 10.0. The molecule has 0 saturated carbocycles. The van der Waals surface area contributed by atoms with Gasteiger partial charge in [0.2, 0.25) is 22.7 Å². The van der Waals surface area contributed by atoms with E-state index in [-0.39, 0.29) is 17.7 Å². The van der Waals surface area contributed by atoms with Crippen LogP contribution in [0.25, 0.3) is 0 Å². The molecule has 0 aliphatic carbocycles. The average molecular weight is 390 g/mol. The number of carbonyl (C=O) groups excluding carboxylic acids is 1. The number of aryl methyl sites for hydroxylation is 1. The summed E-state index contributed by atoms with van der Waals surface area (Å²) in [5, 5.41) is 2.81. The van der Waals surface area contributed by atoms with Gasteiger partial charge in [0, 0.05) is 0 Å². The summed E-state index contributed by atoms with van der Waals surface area (Å²) in [6, 6.07) is 10.6. The van der Waals surface area contributed by atoms with Crippen molar-refractivity contribution in [1.82, 2.24) is 10.0 Å². The van der Waals surface area contributed by atoms with Crippen molar-refractivity contribution in [3.05, 3.63) is 53.6 Å². The Hall–Kier alpha value is -2.58. The zero-order valence-electron chi connectivity index (χ0n) is 15.4. The zero-order valence-corrected chi connectivity index (χ0v) is 16.2. The van der Waals surface area contributed by atoms with Gasteiger partial charge in [0.1, 0.15) is 0 Å². The maximum atomic E-state index is 12.4. The zero-order chi connectivity index (χ0) is 19.6. The molecule has 0 bridgehead atoms. The molecule has 1 aliphatic heterocycles. The fraction of sp³-hybridized carbons (Fsp3) is 0.316. The Balaban J connectivity index is 1.64. The lowest BCUT2D eigenvalue weighted by Crippen LogP contribution is -2.45. The Kier molecular flexibility index (Phi) is 5.38. The average Bonchev–Trinajstić information content (AvgIpc) is 3.09. The summed E-state index contributed by atoms with van der Waals surface area (Å²) in [5.41, 5.74) is 1.79. The molecule has 2 aromatic carbocycles. The van der Waals surface area contributed by atoms with E-state index in [2.05, 4.69) is 10.0 Å². The van der Waals surface area contributed by atoms with Crippen molar-refractivity contribution in [2.45, 2.75) is 37.8 Å². The van der Waals surface area contributed by atoms with Gasteiger partial charge in [-0.3, -0.25) is 4.79 Å². The van der Waals surface area contributed by atoms with Crippen LogP contribution in [0.5, 0.6) is 11.5 Å².